The van der Waals surface area contributed by atoms with Gasteiger partial charge in [-0.1, -0.05) is 36.4 Å². The van der Waals surface area contributed by atoms with Crippen LogP contribution in [0.1, 0.15) is 11.1 Å². The minimum Gasteiger partial charge on any atom is -0.458 e. The summed E-state index contributed by atoms with van der Waals surface area (Å²) in [6.07, 6.45) is -3.94. The summed E-state index contributed by atoms with van der Waals surface area (Å²) in [7, 11) is 0. The topological polar surface area (TPSA) is 58.6 Å². The fraction of sp³-hybridized carbons (Fsp3) is 0.211. The first-order valence-electron chi connectivity index (χ1n) is 7.95. The largest absolute Gasteiger partial charge is 0.458 e. The van der Waals surface area contributed by atoms with E-state index >= 15 is 0 Å². The molecule has 2 aromatic carbocycles. The summed E-state index contributed by atoms with van der Waals surface area (Å²) in [5.74, 6) is -1.09. The third kappa shape index (κ3) is 6.87. The summed E-state index contributed by atoms with van der Waals surface area (Å²) in [5, 5.41) is 11.2. The van der Waals surface area contributed by atoms with Crippen molar-refractivity contribution in [3.8, 4) is 0 Å². The van der Waals surface area contributed by atoms with Crippen LogP contribution in [0.3, 0.4) is 0 Å². The number of anilines is 1. The van der Waals surface area contributed by atoms with Crippen LogP contribution in [0.25, 0.3) is 0 Å². The molecule has 0 aliphatic carbocycles. The summed E-state index contributed by atoms with van der Waals surface area (Å²) in [4.78, 5) is 11.8. The van der Waals surface area contributed by atoms with Crippen molar-refractivity contribution in [1.29, 1.82) is 0 Å². The number of aliphatic hydroxyl groups excluding tert-OH is 1. The van der Waals surface area contributed by atoms with Crippen LogP contribution < -0.4 is 5.32 Å². The molecule has 0 amide bonds. The van der Waals surface area contributed by atoms with Crippen molar-refractivity contribution in [3.05, 3.63) is 75.0 Å². The molecule has 2 aromatic rings. The summed E-state index contributed by atoms with van der Waals surface area (Å²) in [5.41, 5.74) is 0.465. The molecule has 0 aromatic heterocycles. The highest BCUT2D eigenvalue weighted by Crippen LogP contribution is 2.29. The van der Waals surface area contributed by atoms with Gasteiger partial charge in [-0.15, -0.1) is 0 Å². The molecule has 2 rings (SSSR count). The van der Waals surface area contributed by atoms with Crippen LogP contribution in [0.15, 0.2) is 60.3 Å². The average Bonchev–Trinajstić information content (AvgIpc) is 2.62. The van der Waals surface area contributed by atoms with Gasteiger partial charge in [-0.25, -0.2) is 4.79 Å². The van der Waals surface area contributed by atoms with Gasteiger partial charge in [-0.05, 0) is 52.3 Å². The Morgan fingerprint density at radius 2 is 1.85 bits per heavy atom. The number of benzene rings is 2. The number of aliphatic hydroxyl groups is 1. The maximum atomic E-state index is 13.3. The van der Waals surface area contributed by atoms with E-state index in [0.717, 1.165) is 5.56 Å². The molecule has 0 spiro atoms. The summed E-state index contributed by atoms with van der Waals surface area (Å²) in [6.45, 7) is -0.168. The fourth-order valence-electron chi connectivity index (χ4n) is 2.17. The summed E-state index contributed by atoms with van der Waals surface area (Å²) >= 11 is 1.89. The maximum absolute atomic E-state index is 13.3. The van der Waals surface area contributed by atoms with Crippen LogP contribution in [-0.2, 0) is 22.6 Å². The van der Waals surface area contributed by atoms with E-state index in [0.29, 0.717) is 21.6 Å². The number of nitrogens with one attached hydrogen (secondary N) is 1. The molecule has 0 aliphatic rings. The number of rotatable bonds is 7. The number of carbonyl (C=O) groups excluding carboxylic acids is 1. The second-order valence-corrected chi connectivity index (χ2v) is 6.72. The molecule has 27 heavy (non-hydrogen) atoms. The van der Waals surface area contributed by atoms with Gasteiger partial charge in [0.2, 0.25) is 0 Å². The Hall–Kier alpha value is -2.07. The van der Waals surface area contributed by atoms with Crippen molar-refractivity contribution in [1.82, 2.24) is 0 Å². The van der Waals surface area contributed by atoms with Gasteiger partial charge in [0.15, 0.2) is 0 Å². The Balaban J connectivity index is 2.12. The van der Waals surface area contributed by atoms with Crippen LogP contribution in [0, 0.1) is 3.57 Å². The molecule has 0 unspecified atom stereocenters. The summed E-state index contributed by atoms with van der Waals surface area (Å²) < 4.78 is 45.3. The van der Waals surface area contributed by atoms with Crippen LogP contribution in [0.2, 0.25) is 0 Å². The molecule has 144 valence electrons. The molecule has 0 radical (unpaired) electrons. The number of hydrogen-bond acceptors (Lipinski definition) is 4. The Morgan fingerprint density at radius 1 is 1.15 bits per heavy atom. The molecule has 0 atom stereocenters. The highest BCUT2D eigenvalue weighted by Gasteiger charge is 2.35. The van der Waals surface area contributed by atoms with Gasteiger partial charge in [-0.3, -0.25) is 0 Å². The van der Waals surface area contributed by atoms with E-state index in [2.05, 4.69) is 5.32 Å². The van der Waals surface area contributed by atoms with Crippen molar-refractivity contribution in [2.75, 3.05) is 11.9 Å². The zero-order chi connectivity index (χ0) is 19.9. The van der Waals surface area contributed by atoms with Crippen molar-refractivity contribution < 1.29 is 27.8 Å². The number of esters is 1. The SMILES string of the molecule is O=C(/C=C(\Nc1ccc(CCO)cc1I)C(F)(F)F)OCc1ccccc1. The van der Waals surface area contributed by atoms with Gasteiger partial charge in [0.05, 0.1) is 11.8 Å². The molecular formula is C19H17F3INO3. The lowest BCUT2D eigenvalue weighted by atomic mass is 10.1. The lowest BCUT2D eigenvalue weighted by Gasteiger charge is -2.16. The number of halogens is 4. The first-order chi connectivity index (χ1) is 12.8. The van der Waals surface area contributed by atoms with E-state index in [1.807, 2.05) is 22.6 Å². The second kappa shape index (κ2) is 9.75. The van der Waals surface area contributed by atoms with Gasteiger partial charge in [0.1, 0.15) is 12.3 Å². The predicted molar refractivity (Wildman–Crippen MR) is 104 cm³/mol. The average molecular weight is 491 g/mol. The first-order valence-corrected chi connectivity index (χ1v) is 9.03. The number of ether oxygens (including phenoxy) is 1. The van der Waals surface area contributed by atoms with Gasteiger partial charge in [0, 0.05) is 10.2 Å². The van der Waals surface area contributed by atoms with E-state index in [1.54, 1.807) is 42.5 Å². The predicted octanol–water partition coefficient (Wildman–Crippen LogP) is 4.43. The van der Waals surface area contributed by atoms with E-state index < -0.39 is 17.8 Å². The Labute approximate surface area is 168 Å². The monoisotopic (exact) mass is 491 g/mol. The third-order valence-electron chi connectivity index (χ3n) is 3.49. The lowest BCUT2D eigenvalue weighted by Crippen LogP contribution is -2.21. The van der Waals surface area contributed by atoms with Gasteiger partial charge in [-0.2, -0.15) is 13.2 Å². The fourth-order valence-corrected chi connectivity index (χ4v) is 2.88. The number of carbonyl (C=O) groups is 1. The molecule has 0 bridgehead atoms. The molecular weight excluding hydrogens is 474 g/mol. The molecule has 0 saturated heterocycles. The molecule has 0 saturated carbocycles. The van der Waals surface area contributed by atoms with Crippen LogP contribution >= 0.6 is 22.6 Å². The zero-order valence-electron chi connectivity index (χ0n) is 14.1. The minimum atomic E-state index is -4.75. The standard InChI is InChI=1S/C19H17F3INO3/c20-19(21,22)17(11-18(26)27-12-14-4-2-1-3-5-14)24-16-7-6-13(8-9-25)10-15(16)23/h1-7,10-11,24-25H,8-9,12H2/b17-11-. The van der Waals surface area contributed by atoms with E-state index in [4.69, 9.17) is 9.84 Å². The van der Waals surface area contributed by atoms with E-state index in [-0.39, 0.29) is 18.9 Å². The number of hydrogen-bond donors (Lipinski definition) is 2. The highest BCUT2D eigenvalue weighted by atomic mass is 127. The Kier molecular flexibility index (Phi) is 7.66. The van der Waals surface area contributed by atoms with E-state index in [1.165, 1.54) is 6.07 Å². The number of alkyl halides is 3. The first kappa shape index (κ1) is 21.2. The molecule has 8 heteroatoms. The molecule has 0 fully saturated rings. The molecule has 0 heterocycles. The lowest BCUT2D eigenvalue weighted by molar-refractivity contribution is -0.140. The maximum Gasteiger partial charge on any atom is 0.431 e. The molecule has 2 N–H and O–H groups in total. The Bertz CT molecular complexity index is 808. The minimum absolute atomic E-state index is 0.0518. The quantitative estimate of drug-likeness (QED) is 0.342. The van der Waals surface area contributed by atoms with Crippen molar-refractivity contribution in [3.63, 3.8) is 0 Å². The van der Waals surface area contributed by atoms with Crippen LogP contribution in [0.5, 0.6) is 0 Å². The van der Waals surface area contributed by atoms with Crippen molar-refractivity contribution in [2.45, 2.75) is 19.2 Å². The molecule has 4 nitrogen and oxygen atoms in total. The van der Waals surface area contributed by atoms with Gasteiger partial charge < -0.3 is 15.2 Å². The van der Waals surface area contributed by atoms with Gasteiger partial charge in [0.25, 0.3) is 0 Å². The summed E-state index contributed by atoms with van der Waals surface area (Å²) in [6, 6.07) is 13.4. The zero-order valence-corrected chi connectivity index (χ0v) is 16.3. The van der Waals surface area contributed by atoms with E-state index in [9.17, 15) is 18.0 Å². The van der Waals surface area contributed by atoms with Crippen molar-refractivity contribution in [2.24, 2.45) is 0 Å². The number of allylic oxidation sites excluding steroid dienone is 1. The third-order valence-corrected chi connectivity index (χ3v) is 4.39. The molecule has 0 aliphatic heterocycles. The van der Waals surface area contributed by atoms with Gasteiger partial charge >= 0.3 is 12.1 Å². The van der Waals surface area contributed by atoms with Crippen LogP contribution in [0.4, 0.5) is 18.9 Å². The normalized spacial score (nSPS) is 12.0. The van der Waals surface area contributed by atoms with Crippen molar-refractivity contribution >= 4 is 34.2 Å². The Morgan fingerprint density at radius 3 is 2.44 bits per heavy atom. The second-order valence-electron chi connectivity index (χ2n) is 5.56. The van der Waals surface area contributed by atoms with Crippen LogP contribution in [-0.4, -0.2) is 23.9 Å². The highest BCUT2D eigenvalue weighted by molar-refractivity contribution is 14.1. The smallest absolute Gasteiger partial charge is 0.431 e.